The fourth-order valence-electron chi connectivity index (χ4n) is 2.63. The number of hydrogen-bond donors (Lipinski definition) is 1. The van der Waals surface area contributed by atoms with Crippen molar-refractivity contribution in [3.63, 3.8) is 0 Å². The predicted octanol–water partition coefficient (Wildman–Crippen LogP) is 2.43. The molecule has 1 rings (SSSR count). The van der Waals surface area contributed by atoms with Gasteiger partial charge in [-0.25, -0.2) is 0 Å². The Morgan fingerprint density at radius 3 is 3.00 bits per heavy atom. The van der Waals surface area contributed by atoms with Crippen LogP contribution in [0.1, 0.15) is 32.1 Å². The van der Waals surface area contributed by atoms with Gasteiger partial charge in [-0.1, -0.05) is 6.42 Å². The molecule has 1 aliphatic rings. The van der Waals surface area contributed by atoms with Crippen molar-refractivity contribution < 1.29 is 4.74 Å². The average Bonchev–Trinajstić information content (AvgIpc) is 2.77. The highest BCUT2D eigenvalue weighted by Crippen LogP contribution is 2.37. The Bertz CT molecular complexity index is 254. The molecule has 2 atom stereocenters. The summed E-state index contributed by atoms with van der Waals surface area (Å²) >= 11 is 1.98. The minimum absolute atomic E-state index is 0.243. The van der Waals surface area contributed by atoms with Crippen LogP contribution in [0.15, 0.2) is 0 Å². The molecule has 0 spiro atoms. The summed E-state index contributed by atoms with van der Waals surface area (Å²) in [4.78, 5) is 0. The second kappa shape index (κ2) is 7.97. The van der Waals surface area contributed by atoms with Crippen LogP contribution in [0.4, 0.5) is 0 Å². The molecule has 0 aliphatic heterocycles. The van der Waals surface area contributed by atoms with E-state index in [4.69, 9.17) is 4.74 Å². The van der Waals surface area contributed by atoms with E-state index in [1.165, 1.54) is 24.3 Å². The normalized spacial score (nSPS) is 28.2. The zero-order valence-electron chi connectivity index (χ0n) is 11.0. The topological polar surface area (TPSA) is 45.0 Å². The lowest BCUT2D eigenvalue weighted by Crippen LogP contribution is -2.44. The number of rotatable bonds is 8. The van der Waals surface area contributed by atoms with Crippen LogP contribution < -0.4 is 5.32 Å². The van der Waals surface area contributed by atoms with Crippen LogP contribution in [0.3, 0.4) is 0 Å². The first-order chi connectivity index (χ1) is 8.29. The van der Waals surface area contributed by atoms with E-state index in [-0.39, 0.29) is 5.54 Å². The molecule has 2 unspecified atom stereocenters. The Morgan fingerprint density at radius 1 is 1.53 bits per heavy atom. The molecule has 1 N–H and O–H groups in total. The number of methoxy groups -OCH3 is 1. The fourth-order valence-corrected chi connectivity index (χ4v) is 3.61. The van der Waals surface area contributed by atoms with Crippen molar-refractivity contribution in [3.8, 4) is 6.07 Å². The monoisotopic (exact) mass is 256 g/mol. The van der Waals surface area contributed by atoms with Crippen molar-refractivity contribution in [1.82, 2.24) is 5.32 Å². The molecular weight excluding hydrogens is 232 g/mol. The molecule has 3 nitrogen and oxygen atoms in total. The van der Waals surface area contributed by atoms with Crippen LogP contribution in [0.25, 0.3) is 0 Å². The molecule has 17 heavy (non-hydrogen) atoms. The van der Waals surface area contributed by atoms with Crippen LogP contribution >= 0.6 is 11.8 Å². The summed E-state index contributed by atoms with van der Waals surface area (Å²) in [5.74, 6) is 2.87. The third kappa shape index (κ3) is 4.17. The van der Waals surface area contributed by atoms with Crippen molar-refractivity contribution in [1.29, 1.82) is 5.26 Å². The highest BCUT2D eigenvalue weighted by Gasteiger charge is 2.41. The van der Waals surface area contributed by atoms with Crippen molar-refractivity contribution in [2.24, 2.45) is 5.92 Å². The van der Waals surface area contributed by atoms with Gasteiger partial charge in [-0.05, 0) is 50.2 Å². The highest BCUT2D eigenvalue weighted by atomic mass is 32.2. The predicted molar refractivity (Wildman–Crippen MR) is 73.2 cm³/mol. The average molecular weight is 256 g/mol. The van der Waals surface area contributed by atoms with Crippen LogP contribution in [-0.2, 0) is 4.74 Å². The maximum atomic E-state index is 9.32. The van der Waals surface area contributed by atoms with E-state index >= 15 is 0 Å². The fraction of sp³-hybridized carbons (Fsp3) is 0.923. The molecule has 0 aromatic rings. The molecule has 0 heterocycles. The van der Waals surface area contributed by atoms with Gasteiger partial charge >= 0.3 is 0 Å². The number of nitrogens with one attached hydrogen (secondary N) is 1. The van der Waals surface area contributed by atoms with Gasteiger partial charge in [0.05, 0.1) is 6.07 Å². The Morgan fingerprint density at radius 2 is 2.35 bits per heavy atom. The molecule has 0 aromatic heterocycles. The van der Waals surface area contributed by atoms with Gasteiger partial charge in [-0.2, -0.15) is 17.0 Å². The Labute approximate surface area is 109 Å². The molecule has 1 saturated carbocycles. The Balaban J connectivity index is 2.20. The summed E-state index contributed by atoms with van der Waals surface area (Å²) < 4.78 is 5.02. The van der Waals surface area contributed by atoms with Gasteiger partial charge in [-0.15, -0.1) is 0 Å². The summed E-state index contributed by atoms with van der Waals surface area (Å²) in [5, 5.41) is 12.6. The molecule has 0 bridgehead atoms. The van der Waals surface area contributed by atoms with E-state index in [9.17, 15) is 5.26 Å². The van der Waals surface area contributed by atoms with Crippen LogP contribution in [0.2, 0.25) is 0 Å². The van der Waals surface area contributed by atoms with Gasteiger partial charge in [0.25, 0.3) is 0 Å². The lowest BCUT2D eigenvalue weighted by atomic mass is 9.87. The maximum Gasteiger partial charge on any atom is 0.109 e. The lowest BCUT2D eigenvalue weighted by Gasteiger charge is -2.28. The molecule has 0 saturated heterocycles. The first-order valence-corrected chi connectivity index (χ1v) is 7.61. The second-order valence-electron chi connectivity index (χ2n) is 4.67. The molecule has 4 heteroatoms. The minimum Gasteiger partial charge on any atom is -0.385 e. The molecule has 0 radical (unpaired) electrons. The third-order valence-electron chi connectivity index (χ3n) is 3.71. The van der Waals surface area contributed by atoms with E-state index < -0.39 is 0 Å². The first-order valence-electron chi connectivity index (χ1n) is 6.46. The van der Waals surface area contributed by atoms with Crippen LogP contribution in [0.5, 0.6) is 0 Å². The molecule has 0 amide bonds. The number of nitriles is 1. The smallest absolute Gasteiger partial charge is 0.109 e. The lowest BCUT2D eigenvalue weighted by molar-refractivity contribution is 0.200. The maximum absolute atomic E-state index is 9.32. The third-order valence-corrected chi connectivity index (χ3v) is 4.82. The number of nitrogens with zero attached hydrogens (tertiary/aromatic N) is 1. The van der Waals surface area contributed by atoms with Gasteiger partial charge in [0.2, 0.25) is 0 Å². The van der Waals surface area contributed by atoms with E-state index in [0.717, 1.165) is 25.9 Å². The SMILES string of the molecule is CNC1(C#N)CCCC1CCSCCCOC. The summed E-state index contributed by atoms with van der Waals surface area (Å²) in [5.41, 5.74) is -0.243. The molecule has 98 valence electrons. The van der Waals surface area contributed by atoms with Crippen molar-refractivity contribution >= 4 is 11.8 Å². The van der Waals surface area contributed by atoms with Crippen LogP contribution in [-0.4, -0.2) is 37.8 Å². The quantitative estimate of drug-likeness (QED) is 0.678. The van der Waals surface area contributed by atoms with Gasteiger partial charge in [0, 0.05) is 13.7 Å². The van der Waals surface area contributed by atoms with Gasteiger partial charge < -0.3 is 10.1 Å². The first kappa shape index (κ1) is 14.8. The summed E-state index contributed by atoms with van der Waals surface area (Å²) in [6, 6.07) is 2.50. The summed E-state index contributed by atoms with van der Waals surface area (Å²) in [6.07, 6.45) is 5.69. The summed E-state index contributed by atoms with van der Waals surface area (Å²) in [7, 11) is 3.67. The van der Waals surface area contributed by atoms with Crippen LogP contribution in [0, 0.1) is 17.2 Å². The van der Waals surface area contributed by atoms with E-state index in [0.29, 0.717) is 5.92 Å². The Kier molecular flexibility index (Phi) is 6.94. The van der Waals surface area contributed by atoms with Gasteiger partial charge in [-0.3, -0.25) is 0 Å². The molecular formula is C13H24N2OS. The van der Waals surface area contributed by atoms with Gasteiger partial charge in [0.15, 0.2) is 0 Å². The van der Waals surface area contributed by atoms with E-state index in [1.807, 2.05) is 18.8 Å². The standard InChI is InChI=1S/C13H24N2OS/c1-15-13(11-14)7-3-5-12(13)6-10-17-9-4-8-16-2/h12,15H,3-10H2,1-2H3. The second-order valence-corrected chi connectivity index (χ2v) is 5.89. The minimum atomic E-state index is -0.243. The number of thioether (sulfide) groups is 1. The van der Waals surface area contributed by atoms with Gasteiger partial charge in [0.1, 0.15) is 5.54 Å². The number of ether oxygens (including phenoxy) is 1. The summed E-state index contributed by atoms with van der Waals surface area (Å²) in [6.45, 7) is 0.856. The van der Waals surface area contributed by atoms with Crippen molar-refractivity contribution in [2.45, 2.75) is 37.6 Å². The Hall–Kier alpha value is -0.240. The number of hydrogen-bond acceptors (Lipinski definition) is 4. The zero-order chi connectivity index (χ0) is 12.6. The molecule has 0 aromatic carbocycles. The van der Waals surface area contributed by atoms with Crippen molar-refractivity contribution in [3.05, 3.63) is 0 Å². The molecule has 1 aliphatic carbocycles. The molecule has 1 fully saturated rings. The zero-order valence-corrected chi connectivity index (χ0v) is 11.8. The van der Waals surface area contributed by atoms with Crippen molar-refractivity contribution in [2.75, 3.05) is 32.3 Å². The largest absolute Gasteiger partial charge is 0.385 e. The van der Waals surface area contributed by atoms with E-state index in [2.05, 4.69) is 11.4 Å². The van der Waals surface area contributed by atoms with E-state index in [1.54, 1.807) is 7.11 Å². The highest BCUT2D eigenvalue weighted by molar-refractivity contribution is 7.99.